The molecule has 11 nitrogen and oxygen atoms in total. The highest BCUT2D eigenvalue weighted by Crippen LogP contribution is 2.22. The Bertz CT molecular complexity index is 1260. The minimum absolute atomic E-state index is 0.159. The lowest BCUT2D eigenvalue weighted by Gasteiger charge is -2.34. The van der Waals surface area contributed by atoms with E-state index in [1.807, 2.05) is 24.3 Å². The Balaban J connectivity index is 1.10. The second-order valence-electron chi connectivity index (χ2n) is 9.97. The summed E-state index contributed by atoms with van der Waals surface area (Å²) in [6.45, 7) is 5.11. The molecule has 210 valence electrons. The van der Waals surface area contributed by atoms with Crippen molar-refractivity contribution in [2.45, 2.75) is 18.9 Å². The smallest absolute Gasteiger partial charge is 0.321 e. The number of rotatable bonds is 8. The zero-order valence-corrected chi connectivity index (χ0v) is 22.5. The van der Waals surface area contributed by atoms with Gasteiger partial charge in [-0.25, -0.2) is 14.8 Å². The Hall–Kier alpha value is -4.22. The average Bonchev–Trinajstić information content (AvgIpc) is 3.01. The summed E-state index contributed by atoms with van der Waals surface area (Å²) in [4.78, 5) is 40.5. The maximum Gasteiger partial charge on any atom is 0.321 e. The first-order valence-corrected chi connectivity index (χ1v) is 13.8. The first-order valence-electron chi connectivity index (χ1n) is 13.8. The number of piperazine rings is 1. The van der Waals surface area contributed by atoms with Crippen molar-refractivity contribution in [3.63, 3.8) is 0 Å². The van der Waals surface area contributed by atoms with Gasteiger partial charge < -0.3 is 35.8 Å². The lowest BCUT2D eigenvalue weighted by Crippen LogP contribution is -2.50. The molecule has 0 bridgehead atoms. The van der Waals surface area contributed by atoms with Crippen molar-refractivity contribution in [3.05, 3.63) is 72.6 Å². The van der Waals surface area contributed by atoms with E-state index >= 15 is 0 Å². The van der Waals surface area contributed by atoms with Gasteiger partial charge in [-0.3, -0.25) is 4.79 Å². The molecular formula is C29H36N8O3. The summed E-state index contributed by atoms with van der Waals surface area (Å²) in [6, 6.07) is 16.9. The van der Waals surface area contributed by atoms with Gasteiger partial charge in [0.05, 0.1) is 6.61 Å². The van der Waals surface area contributed by atoms with E-state index < -0.39 is 0 Å². The Kier molecular flexibility index (Phi) is 9.04. The summed E-state index contributed by atoms with van der Waals surface area (Å²) in [5, 5.41) is 18.2. The van der Waals surface area contributed by atoms with Crippen LogP contribution in [-0.2, 0) is 0 Å². The number of nitrogens with one attached hydrogen (secondary N) is 3. The van der Waals surface area contributed by atoms with Crippen molar-refractivity contribution < 1.29 is 14.7 Å². The van der Waals surface area contributed by atoms with E-state index in [4.69, 9.17) is 5.11 Å². The van der Waals surface area contributed by atoms with Gasteiger partial charge in [-0.05, 0) is 61.4 Å². The van der Waals surface area contributed by atoms with Gasteiger partial charge in [0.15, 0.2) is 0 Å². The predicted octanol–water partition coefficient (Wildman–Crippen LogP) is 2.63. The van der Waals surface area contributed by atoms with Crippen molar-refractivity contribution >= 4 is 34.9 Å². The van der Waals surface area contributed by atoms with Gasteiger partial charge in [0, 0.05) is 86.9 Å². The van der Waals surface area contributed by atoms with Crippen LogP contribution in [0.3, 0.4) is 0 Å². The monoisotopic (exact) mass is 544 g/mol. The van der Waals surface area contributed by atoms with Crippen molar-refractivity contribution in [2.75, 3.05) is 72.9 Å². The second-order valence-corrected chi connectivity index (χ2v) is 9.97. The van der Waals surface area contributed by atoms with Crippen molar-refractivity contribution in [1.82, 2.24) is 20.2 Å². The second kappa shape index (κ2) is 13.2. The standard InChI is InChI=1S/C29H36N8O3/c38-20-13-30-23-9-14-35(15-10-23)26-7-5-22(6-8-26)27(39)33-24-3-1-4-25(21-24)34-29(40)37-18-16-36(17-19-37)28-31-11-2-12-32-28/h1-8,11-12,21,23,30,38H,9-10,13-20H2,(H,33,39)(H,34,40). The van der Waals surface area contributed by atoms with Gasteiger partial charge in [0.2, 0.25) is 5.95 Å². The Labute approximate surface area is 234 Å². The molecule has 0 aliphatic carbocycles. The molecule has 3 amide bonds. The molecule has 40 heavy (non-hydrogen) atoms. The van der Waals surface area contributed by atoms with E-state index in [0.717, 1.165) is 31.6 Å². The van der Waals surface area contributed by atoms with Crippen molar-refractivity contribution in [2.24, 2.45) is 0 Å². The van der Waals surface area contributed by atoms with Crippen LogP contribution in [0.25, 0.3) is 0 Å². The van der Waals surface area contributed by atoms with Gasteiger partial charge in [-0.1, -0.05) is 6.07 Å². The van der Waals surface area contributed by atoms with Gasteiger partial charge in [-0.2, -0.15) is 0 Å². The molecule has 2 aromatic carbocycles. The minimum Gasteiger partial charge on any atom is -0.395 e. The lowest BCUT2D eigenvalue weighted by atomic mass is 10.0. The summed E-state index contributed by atoms with van der Waals surface area (Å²) in [6.07, 6.45) is 5.47. The van der Waals surface area contributed by atoms with Gasteiger partial charge >= 0.3 is 6.03 Å². The van der Waals surface area contributed by atoms with E-state index in [9.17, 15) is 9.59 Å². The van der Waals surface area contributed by atoms with Crippen LogP contribution in [0, 0.1) is 0 Å². The van der Waals surface area contributed by atoms with Crippen LogP contribution in [0.5, 0.6) is 0 Å². The van der Waals surface area contributed by atoms with E-state index in [1.54, 1.807) is 47.6 Å². The number of hydrogen-bond donors (Lipinski definition) is 4. The molecule has 3 heterocycles. The molecule has 2 fully saturated rings. The summed E-state index contributed by atoms with van der Waals surface area (Å²) in [5.41, 5.74) is 2.89. The van der Waals surface area contributed by atoms with E-state index in [2.05, 4.69) is 35.7 Å². The van der Waals surface area contributed by atoms with E-state index in [0.29, 0.717) is 61.7 Å². The summed E-state index contributed by atoms with van der Waals surface area (Å²) < 4.78 is 0. The van der Waals surface area contributed by atoms with Gasteiger partial charge in [-0.15, -0.1) is 0 Å². The first kappa shape index (κ1) is 27.4. The number of carbonyl (C=O) groups excluding carboxylic acids is 2. The molecule has 2 aliphatic rings. The number of aliphatic hydroxyl groups excluding tert-OH is 1. The van der Waals surface area contributed by atoms with E-state index in [1.165, 1.54) is 0 Å². The quantitative estimate of drug-likeness (QED) is 0.341. The fourth-order valence-electron chi connectivity index (χ4n) is 5.08. The molecule has 4 N–H and O–H groups in total. The number of benzene rings is 2. The van der Waals surface area contributed by atoms with Crippen LogP contribution in [0.1, 0.15) is 23.2 Å². The highest BCUT2D eigenvalue weighted by atomic mass is 16.3. The lowest BCUT2D eigenvalue weighted by molar-refractivity contribution is 0.102. The molecule has 3 aromatic rings. The topological polar surface area (TPSA) is 126 Å². The van der Waals surface area contributed by atoms with Gasteiger partial charge in [0.25, 0.3) is 5.91 Å². The van der Waals surface area contributed by atoms with Gasteiger partial charge in [0.1, 0.15) is 0 Å². The third-order valence-corrected chi connectivity index (χ3v) is 7.31. The van der Waals surface area contributed by atoms with Crippen LogP contribution >= 0.6 is 0 Å². The summed E-state index contributed by atoms with van der Waals surface area (Å²) in [7, 11) is 0. The number of aliphatic hydroxyl groups is 1. The summed E-state index contributed by atoms with van der Waals surface area (Å²) in [5.74, 6) is 0.467. The minimum atomic E-state index is -0.207. The number of amides is 3. The van der Waals surface area contributed by atoms with E-state index in [-0.39, 0.29) is 18.5 Å². The predicted molar refractivity (Wildman–Crippen MR) is 156 cm³/mol. The average molecular weight is 545 g/mol. The molecule has 0 unspecified atom stereocenters. The Morgan fingerprint density at radius 2 is 1.50 bits per heavy atom. The maximum absolute atomic E-state index is 12.9. The highest BCUT2D eigenvalue weighted by molar-refractivity contribution is 6.04. The van der Waals surface area contributed by atoms with Crippen LogP contribution in [0.4, 0.5) is 27.8 Å². The highest BCUT2D eigenvalue weighted by Gasteiger charge is 2.23. The molecule has 2 saturated heterocycles. The number of aromatic nitrogens is 2. The summed E-state index contributed by atoms with van der Waals surface area (Å²) >= 11 is 0. The molecule has 0 atom stereocenters. The van der Waals surface area contributed by atoms with Crippen LogP contribution in [0.15, 0.2) is 67.0 Å². The molecule has 0 saturated carbocycles. The first-order chi connectivity index (χ1) is 19.6. The fraction of sp³-hybridized carbons (Fsp3) is 0.379. The number of carbonyl (C=O) groups is 2. The molecule has 0 radical (unpaired) electrons. The maximum atomic E-state index is 12.9. The molecule has 1 aromatic heterocycles. The van der Waals surface area contributed by atoms with Crippen LogP contribution < -0.4 is 25.8 Å². The number of nitrogens with zero attached hydrogens (tertiary/aromatic N) is 5. The molecule has 0 spiro atoms. The van der Waals surface area contributed by atoms with Crippen LogP contribution in [-0.4, -0.2) is 90.4 Å². The fourth-order valence-corrected chi connectivity index (χ4v) is 5.08. The Morgan fingerprint density at radius 3 is 2.17 bits per heavy atom. The van der Waals surface area contributed by atoms with Crippen molar-refractivity contribution in [3.8, 4) is 0 Å². The molecule has 2 aliphatic heterocycles. The Morgan fingerprint density at radius 1 is 0.825 bits per heavy atom. The largest absolute Gasteiger partial charge is 0.395 e. The third-order valence-electron chi connectivity index (χ3n) is 7.31. The number of piperidine rings is 1. The number of anilines is 4. The zero-order valence-electron chi connectivity index (χ0n) is 22.5. The SMILES string of the molecule is O=C(Nc1cccc(NC(=O)N2CCN(c3ncccn3)CC2)c1)c1ccc(N2CCC(NCCO)CC2)cc1. The molecule has 11 heteroatoms. The van der Waals surface area contributed by atoms with Crippen molar-refractivity contribution in [1.29, 1.82) is 0 Å². The normalized spacial score (nSPS) is 16.1. The molecule has 5 rings (SSSR count). The zero-order chi connectivity index (χ0) is 27.7. The third kappa shape index (κ3) is 7.04. The number of hydrogen-bond acceptors (Lipinski definition) is 8. The molecular weight excluding hydrogens is 508 g/mol. The van der Waals surface area contributed by atoms with Crippen LogP contribution in [0.2, 0.25) is 0 Å². The number of urea groups is 1.